The Morgan fingerprint density at radius 3 is 2.79 bits per heavy atom. The van der Waals surface area contributed by atoms with Crippen molar-refractivity contribution < 1.29 is 4.74 Å². The maximum Gasteiger partial charge on any atom is 0.121 e. The molecule has 1 aromatic heterocycles. The van der Waals surface area contributed by atoms with Gasteiger partial charge < -0.3 is 9.72 Å². The van der Waals surface area contributed by atoms with E-state index in [4.69, 9.17) is 4.74 Å². The first-order valence-electron chi connectivity index (χ1n) is 6.93. The van der Waals surface area contributed by atoms with E-state index in [-0.39, 0.29) is 0 Å². The summed E-state index contributed by atoms with van der Waals surface area (Å²) < 4.78 is 5.76. The Hall–Kier alpha value is -1.39. The molecular weight excluding hydrogens is 238 g/mol. The lowest BCUT2D eigenvalue weighted by Crippen LogP contribution is -2.44. The van der Waals surface area contributed by atoms with E-state index < -0.39 is 0 Å². The zero-order valence-corrected chi connectivity index (χ0v) is 11.8. The second-order valence-corrected chi connectivity index (χ2v) is 5.66. The smallest absolute Gasteiger partial charge is 0.121 e. The van der Waals surface area contributed by atoms with Crippen molar-refractivity contribution in [3.63, 3.8) is 0 Å². The van der Waals surface area contributed by atoms with Crippen LogP contribution in [-0.2, 0) is 11.3 Å². The minimum Gasteiger partial charge on any atom is -0.373 e. The predicted molar refractivity (Wildman–Crippen MR) is 76.1 cm³/mol. The number of aryl methyl sites for hydroxylation is 1. The van der Waals surface area contributed by atoms with Crippen LogP contribution < -0.4 is 0 Å². The van der Waals surface area contributed by atoms with E-state index >= 15 is 0 Å². The fourth-order valence-corrected chi connectivity index (χ4v) is 2.88. The number of hydrogen-bond acceptors (Lipinski definition) is 3. The molecule has 1 N–H and O–H groups in total. The number of nitrogens with zero attached hydrogens (tertiary/aromatic N) is 2. The Labute approximate surface area is 113 Å². The van der Waals surface area contributed by atoms with Crippen molar-refractivity contribution in [3.8, 4) is 0 Å². The molecule has 102 valence electrons. The number of rotatable bonds is 2. The minimum atomic E-state index is 0.301. The van der Waals surface area contributed by atoms with Gasteiger partial charge in [0.2, 0.25) is 0 Å². The Bertz CT molecular complexity index is 568. The summed E-state index contributed by atoms with van der Waals surface area (Å²) in [5.74, 6) is 1.04. The van der Waals surface area contributed by atoms with Gasteiger partial charge in [0, 0.05) is 13.1 Å². The highest BCUT2D eigenvalue weighted by molar-refractivity contribution is 5.75. The van der Waals surface area contributed by atoms with E-state index in [1.165, 1.54) is 5.56 Å². The number of imidazole rings is 1. The average Bonchev–Trinajstić information content (AvgIpc) is 2.68. The standard InChI is InChI=1S/C15H21N3O/c1-10-4-5-13-14(6-10)17-15(16-13)9-18-7-11(2)19-12(3)8-18/h4-6,11-12H,7-9H2,1-3H3,(H,16,17). The second-order valence-electron chi connectivity index (χ2n) is 5.66. The zero-order valence-electron chi connectivity index (χ0n) is 11.8. The van der Waals surface area contributed by atoms with Gasteiger partial charge in [-0.1, -0.05) is 6.07 Å². The van der Waals surface area contributed by atoms with Crippen molar-refractivity contribution in [1.82, 2.24) is 14.9 Å². The summed E-state index contributed by atoms with van der Waals surface area (Å²) in [6, 6.07) is 6.33. The number of fused-ring (bicyclic) bond motifs is 1. The quantitative estimate of drug-likeness (QED) is 0.901. The van der Waals surface area contributed by atoms with E-state index in [0.717, 1.165) is 36.5 Å². The van der Waals surface area contributed by atoms with Gasteiger partial charge in [-0.2, -0.15) is 0 Å². The molecule has 1 aliphatic heterocycles. The molecule has 4 nitrogen and oxygen atoms in total. The van der Waals surface area contributed by atoms with Crippen LogP contribution in [-0.4, -0.2) is 40.2 Å². The zero-order chi connectivity index (χ0) is 13.4. The predicted octanol–water partition coefficient (Wildman–Crippen LogP) is 2.48. The molecule has 19 heavy (non-hydrogen) atoms. The van der Waals surface area contributed by atoms with Crippen LogP contribution in [0.2, 0.25) is 0 Å². The lowest BCUT2D eigenvalue weighted by Gasteiger charge is -2.34. The number of aromatic nitrogens is 2. The normalized spacial score (nSPS) is 25.0. The topological polar surface area (TPSA) is 41.2 Å². The van der Waals surface area contributed by atoms with Crippen LogP contribution in [0.1, 0.15) is 25.2 Å². The first-order valence-corrected chi connectivity index (χ1v) is 6.93. The maximum atomic E-state index is 5.76. The largest absolute Gasteiger partial charge is 0.373 e. The monoisotopic (exact) mass is 259 g/mol. The summed E-state index contributed by atoms with van der Waals surface area (Å²) in [5.41, 5.74) is 3.44. The molecule has 1 fully saturated rings. The van der Waals surface area contributed by atoms with Crippen LogP contribution >= 0.6 is 0 Å². The second kappa shape index (κ2) is 4.94. The first kappa shape index (κ1) is 12.6. The molecule has 0 radical (unpaired) electrons. The minimum absolute atomic E-state index is 0.301. The number of H-pyrrole nitrogens is 1. The summed E-state index contributed by atoms with van der Waals surface area (Å²) in [6.45, 7) is 9.17. The van der Waals surface area contributed by atoms with Gasteiger partial charge >= 0.3 is 0 Å². The number of ether oxygens (including phenoxy) is 1. The molecule has 1 saturated heterocycles. The van der Waals surface area contributed by atoms with Crippen molar-refractivity contribution in [2.24, 2.45) is 0 Å². The Morgan fingerprint density at radius 1 is 1.32 bits per heavy atom. The molecule has 0 amide bonds. The molecule has 2 unspecified atom stereocenters. The summed E-state index contributed by atoms with van der Waals surface area (Å²) in [7, 11) is 0. The van der Waals surface area contributed by atoms with Crippen LogP contribution in [0.3, 0.4) is 0 Å². The molecule has 3 rings (SSSR count). The molecule has 0 saturated carbocycles. The van der Waals surface area contributed by atoms with Crippen molar-refractivity contribution in [3.05, 3.63) is 29.6 Å². The maximum absolute atomic E-state index is 5.76. The van der Waals surface area contributed by atoms with Crippen molar-refractivity contribution in [2.45, 2.75) is 39.5 Å². The van der Waals surface area contributed by atoms with Crippen molar-refractivity contribution >= 4 is 11.0 Å². The molecule has 2 heterocycles. The highest BCUT2D eigenvalue weighted by Crippen LogP contribution is 2.16. The van der Waals surface area contributed by atoms with Gasteiger partial charge in [-0.3, -0.25) is 4.90 Å². The van der Waals surface area contributed by atoms with Gasteiger partial charge in [-0.15, -0.1) is 0 Å². The highest BCUT2D eigenvalue weighted by atomic mass is 16.5. The van der Waals surface area contributed by atoms with Crippen LogP contribution in [0.4, 0.5) is 0 Å². The van der Waals surface area contributed by atoms with Gasteiger partial charge in [0.05, 0.1) is 29.8 Å². The van der Waals surface area contributed by atoms with Crippen LogP contribution in [0.5, 0.6) is 0 Å². The molecule has 0 bridgehead atoms. The van der Waals surface area contributed by atoms with Gasteiger partial charge in [0.1, 0.15) is 5.82 Å². The molecule has 1 aliphatic rings. The molecule has 2 aromatic rings. The fourth-order valence-electron chi connectivity index (χ4n) is 2.88. The lowest BCUT2D eigenvalue weighted by molar-refractivity contribution is -0.0710. The lowest BCUT2D eigenvalue weighted by atomic mass is 10.2. The first-order chi connectivity index (χ1) is 9.10. The number of nitrogens with one attached hydrogen (secondary N) is 1. The number of benzene rings is 1. The van der Waals surface area contributed by atoms with E-state index in [9.17, 15) is 0 Å². The van der Waals surface area contributed by atoms with Gasteiger partial charge in [-0.05, 0) is 38.5 Å². The SMILES string of the molecule is Cc1ccc2nc(CN3CC(C)OC(C)C3)[nH]c2c1. The summed E-state index contributed by atoms with van der Waals surface area (Å²) in [4.78, 5) is 10.5. The molecule has 1 aromatic carbocycles. The third kappa shape index (κ3) is 2.80. The molecule has 4 heteroatoms. The Kier molecular flexibility index (Phi) is 3.29. The number of morpholine rings is 1. The van der Waals surface area contributed by atoms with Crippen LogP contribution in [0.25, 0.3) is 11.0 Å². The van der Waals surface area contributed by atoms with E-state index in [1.807, 2.05) is 0 Å². The average molecular weight is 259 g/mol. The Balaban J connectivity index is 1.77. The van der Waals surface area contributed by atoms with Gasteiger partial charge in [0.15, 0.2) is 0 Å². The van der Waals surface area contributed by atoms with E-state index in [1.54, 1.807) is 0 Å². The molecular formula is C15H21N3O. The number of hydrogen-bond donors (Lipinski definition) is 1. The summed E-state index contributed by atoms with van der Waals surface area (Å²) in [5, 5.41) is 0. The van der Waals surface area contributed by atoms with E-state index in [2.05, 4.69) is 53.8 Å². The van der Waals surface area contributed by atoms with Crippen LogP contribution in [0.15, 0.2) is 18.2 Å². The van der Waals surface area contributed by atoms with Crippen molar-refractivity contribution in [1.29, 1.82) is 0 Å². The molecule has 0 spiro atoms. The highest BCUT2D eigenvalue weighted by Gasteiger charge is 2.22. The third-order valence-corrected chi connectivity index (χ3v) is 3.56. The molecule has 2 atom stereocenters. The fraction of sp³-hybridized carbons (Fsp3) is 0.533. The summed E-state index contributed by atoms with van der Waals surface area (Å²) >= 11 is 0. The Morgan fingerprint density at radius 2 is 2.05 bits per heavy atom. The van der Waals surface area contributed by atoms with Crippen LogP contribution in [0, 0.1) is 6.92 Å². The van der Waals surface area contributed by atoms with Gasteiger partial charge in [-0.25, -0.2) is 4.98 Å². The van der Waals surface area contributed by atoms with E-state index in [0.29, 0.717) is 12.2 Å². The van der Waals surface area contributed by atoms with Gasteiger partial charge in [0.25, 0.3) is 0 Å². The van der Waals surface area contributed by atoms with Crippen molar-refractivity contribution in [2.75, 3.05) is 13.1 Å². The molecule has 0 aliphatic carbocycles. The third-order valence-electron chi connectivity index (χ3n) is 3.56. The number of aromatic amines is 1. The summed E-state index contributed by atoms with van der Waals surface area (Å²) in [6.07, 6.45) is 0.603.